The third-order valence-corrected chi connectivity index (χ3v) is 5.10. The molecule has 1 fully saturated rings. The van der Waals surface area contributed by atoms with Crippen molar-refractivity contribution in [3.05, 3.63) is 41.2 Å². The first-order valence-corrected chi connectivity index (χ1v) is 9.74. The van der Waals surface area contributed by atoms with Crippen molar-refractivity contribution in [2.24, 2.45) is 0 Å². The van der Waals surface area contributed by atoms with Crippen LogP contribution in [0, 0.1) is 0 Å². The summed E-state index contributed by atoms with van der Waals surface area (Å²) in [6, 6.07) is 3.74. The first-order valence-electron chi connectivity index (χ1n) is 8.86. The fraction of sp³-hybridized carbons (Fsp3) is 0.444. The Balaban J connectivity index is 1.42. The van der Waals surface area contributed by atoms with E-state index in [0.717, 1.165) is 18.4 Å². The monoisotopic (exact) mass is 373 g/mol. The molecule has 0 atom stereocenters. The summed E-state index contributed by atoms with van der Waals surface area (Å²) in [7, 11) is 0. The highest BCUT2D eigenvalue weighted by molar-refractivity contribution is 7.13. The molecule has 2 heterocycles. The summed E-state index contributed by atoms with van der Waals surface area (Å²) >= 11 is 1.33. The average Bonchev–Trinajstić information content (AvgIpc) is 3.08. The Labute approximate surface area is 156 Å². The number of hydrogen-bond donors (Lipinski definition) is 3. The van der Waals surface area contributed by atoms with Gasteiger partial charge in [0.1, 0.15) is 0 Å². The van der Waals surface area contributed by atoms with Gasteiger partial charge < -0.3 is 10.6 Å². The standard InChI is InChI=1S/C18H23N5O2S/c24-16(20-11-13-6-8-19-9-7-13)10-15-12-26-18(22-15)23-17(25)21-14-4-2-1-3-5-14/h6-9,12,14H,1-5,10-11H2,(H,20,24)(H2,21,22,23,25). The van der Waals surface area contributed by atoms with Crippen molar-refractivity contribution in [3.8, 4) is 0 Å². The quantitative estimate of drug-likeness (QED) is 0.725. The third-order valence-electron chi connectivity index (χ3n) is 4.29. The number of nitrogens with zero attached hydrogens (tertiary/aromatic N) is 2. The summed E-state index contributed by atoms with van der Waals surface area (Å²) in [5, 5.41) is 10.9. The van der Waals surface area contributed by atoms with Gasteiger partial charge in [-0.25, -0.2) is 9.78 Å². The maximum Gasteiger partial charge on any atom is 0.321 e. The topological polar surface area (TPSA) is 96.0 Å². The molecule has 8 heteroatoms. The normalized spacial score (nSPS) is 14.6. The van der Waals surface area contributed by atoms with Gasteiger partial charge in [-0.1, -0.05) is 19.3 Å². The molecule has 0 spiro atoms. The number of carbonyl (C=O) groups excluding carboxylic acids is 2. The minimum Gasteiger partial charge on any atom is -0.352 e. The van der Waals surface area contributed by atoms with Crippen LogP contribution in [0.4, 0.5) is 9.93 Å². The average molecular weight is 373 g/mol. The van der Waals surface area contributed by atoms with Crippen molar-refractivity contribution in [1.29, 1.82) is 0 Å². The molecule has 0 aromatic carbocycles. The zero-order chi connectivity index (χ0) is 18.2. The SMILES string of the molecule is O=C(Cc1csc(NC(=O)NC2CCCCC2)n1)NCc1ccncc1. The van der Waals surface area contributed by atoms with Crippen LogP contribution in [0.3, 0.4) is 0 Å². The number of hydrogen-bond acceptors (Lipinski definition) is 5. The first-order chi connectivity index (χ1) is 12.7. The van der Waals surface area contributed by atoms with Crippen LogP contribution in [0.5, 0.6) is 0 Å². The van der Waals surface area contributed by atoms with Gasteiger partial charge in [-0.2, -0.15) is 0 Å². The molecule has 1 aliphatic rings. The molecular weight excluding hydrogens is 350 g/mol. The van der Waals surface area contributed by atoms with Gasteiger partial charge in [0.25, 0.3) is 0 Å². The number of thiazole rings is 1. The van der Waals surface area contributed by atoms with E-state index >= 15 is 0 Å². The second-order valence-electron chi connectivity index (χ2n) is 6.39. The minimum atomic E-state index is -0.222. The third kappa shape index (κ3) is 5.80. The summed E-state index contributed by atoms with van der Waals surface area (Å²) in [6.07, 6.45) is 9.23. The van der Waals surface area contributed by atoms with E-state index in [-0.39, 0.29) is 24.4 Å². The van der Waals surface area contributed by atoms with Crippen molar-refractivity contribution < 1.29 is 9.59 Å². The molecular formula is C18H23N5O2S. The van der Waals surface area contributed by atoms with E-state index < -0.39 is 0 Å². The second kappa shape index (κ2) is 9.28. The van der Waals surface area contributed by atoms with Gasteiger partial charge in [0.15, 0.2) is 5.13 Å². The van der Waals surface area contributed by atoms with Crippen LogP contribution in [0.25, 0.3) is 0 Å². The molecule has 3 rings (SSSR count). The van der Waals surface area contributed by atoms with Crippen molar-refractivity contribution in [3.63, 3.8) is 0 Å². The highest BCUT2D eigenvalue weighted by Crippen LogP contribution is 2.19. The molecule has 2 aromatic rings. The molecule has 2 aromatic heterocycles. The van der Waals surface area contributed by atoms with Crippen molar-refractivity contribution in [2.75, 3.05) is 5.32 Å². The number of pyridine rings is 1. The lowest BCUT2D eigenvalue weighted by Gasteiger charge is -2.22. The zero-order valence-corrected chi connectivity index (χ0v) is 15.3. The maximum absolute atomic E-state index is 12.0. The number of aromatic nitrogens is 2. The fourth-order valence-corrected chi connectivity index (χ4v) is 3.64. The second-order valence-corrected chi connectivity index (χ2v) is 7.24. The summed E-state index contributed by atoms with van der Waals surface area (Å²) in [5.74, 6) is -0.106. The van der Waals surface area contributed by atoms with Crippen LogP contribution in [-0.2, 0) is 17.8 Å². The van der Waals surface area contributed by atoms with Crippen LogP contribution < -0.4 is 16.0 Å². The lowest BCUT2D eigenvalue weighted by atomic mass is 9.96. The lowest BCUT2D eigenvalue weighted by molar-refractivity contribution is -0.120. The molecule has 0 saturated heterocycles. The van der Waals surface area contributed by atoms with Crippen LogP contribution in [0.15, 0.2) is 29.9 Å². The highest BCUT2D eigenvalue weighted by atomic mass is 32.1. The Bertz CT molecular complexity index is 728. The molecule has 1 saturated carbocycles. The molecule has 0 aliphatic heterocycles. The number of urea groups is 1. The van der Waals surface area contributed by atoms with Gasteiger partial charge in [0.05, 0.1) is 12.1 Å². The smallest absolute Gasteiger partial charge is 0.321 e. The highest BCUT2D eigenvalue weighted by Gasteiger charge is 2.16. The number of nitrogens with one attached hydrogen (secondary N) is 3. The molecule has 0 bridgehead atoms. The molecule has 138 valence electrons. The summed E-state index contributed by atoms with van der Waals surface area (Å²) in [6.45, 7) is 0.459. The number of anilines is 1. The predicted octanol–water partition coefficient (Wildman–Crippen LogP) is 2.85. The Morgan fingerprint density at radius 3 is 2.69 bits per heavy atom. The molecule has 7 nitrogen and oxygen atoms in total. The predicted molar refractivity (Wildman–Crippen MR) is 101 cm³/mol. The van der Waals surface area contributed by atoms with Crippen LogP contribution in [0.2, 0.25) is 0 Å². The van der Waals surface area contributed by atoms with Crippen molar-refractivity contribution in [2.45, 2.75) is 51.1 Å². The van der Waals surface area contributed by atoms with E-state index in [0.29, 0.717) is 17.4 Å². The minimum absolute atomic E-state index is 0.106. The van der Waals surface area contributed by atoms with Crippen molar-refractivity contribution in [1.82, 2.24) is 20.6 Å². The molecule has 0 radical (unpaired) electrons. The number of amides is 3. The van der Waals surface area contributed by atoms with Crippen LogP contribution in [-0.4, -0.2) is 27.9 Å². The molecule has 1 aliphatic carbocycles. The van der Waals surface area contributed by atoms with Crippen LogP contribution in [0.1, 0.15) is 43.4 Å². The summed E-state index contributed by atoms with van der Waals surface area (Å²) in [5.41, 5.74) is 1.64. The van der Waals surface area contributed by atoms with Gasteiger partial charge in [0.2, 0.25) is 5.91 Å². The maximum atomic E-state index is 12.0. The van der Waals surface area contributed by atoms with Crippen LogP contribution >= 0.6 is 11.3 Å². The molecule has 3 amide bonds. The number of carbonyl (C=O) groups is 2. The van der Waals surface area contributed by atoms with Gasteiger partial charge in [0, 0.05) is 30.4 Å². The molecule has 0 unspecified atom stereocenters. The van der Waals surface area contributed by atoms with Crippen molar-refractivity contribution >= 4 is 28.4 Å². The zero-order valence-electron chi connectivity index (χ0n) is 14.5. The fourth-order valence-electron chi connectivity index (χ4n) is 2.94. The van der Waals surface area contributed by atoms with Gasteiger partial charge in [-0.3, -0.25) is 15.1 Å². The summed E-state index contributed by atoms with van der Waals surface area (Å²) < 4.78 is 0. The first kappa shape index (κ1) is 18.3. The Morgan fingerprint density at radius 2 is 1.92 bits per heavy atom. The van der Waals surface area contributed by atoms with E-state index in [4.69, 9.17) is 0 Å². The van der Waals surface area contributed by atoms with Gasteiger partial charge >= 0.3 is 6.03 Å². The van der Waals surface area contributed by atoms with E-state index in [9.17, 15) is 9.59 Å². The van der Waals surface area contributed by atoms with Gasteiger partial charge in [-0.05, 0) is 30.5 Å². The summed E-state index contributed by atoms with van der Waals surface area (Å²) in [4.78, 5) is 32.3. The van der Waals surface area contributed by atoms with E-state index in [2.05, 4.69) is 25.9 Å². The van der Waals surface area contributed by atoms with E-state index in [1.807, 2.05) is 12.1 Å². The Morgan fingerprint density at radius 1 is 1.15 bits per heavy atom. The number of rotatable bonds is 6. The van der Waals surface area contributed by atoms with E-state index in [1.165, 1.54) is 30.6 Å². The lowest BCUT2D eigenvalue weighted by Crippen LogP contribution is -2.39. The largest absolute Gasteiger partial charge is 0.352 e. The van der Waals surface area contributed by atoms with E-state index in [1.54, 1.807) is 17.8 Å². The molecule has 26 heavy (non-hydrogen) atoms. The Hall–Kier alpha value is -2.48. The molecule has 3 N–H and O–H groups in total. The Kier molecular flexibility index (Phi) is 6.54. The van der Waals surface area contributed by atoms with Gasteiger partial charge in [-0.15, -0.1) is 11.3 Å².